The van der Waals surface area contributed by atoms with Crippen molar-refractivity contribution in [2.45, 2.75) is 37.6 Å². The average Bonchev–Trinajstić information content (AvgIpc) is 2.71. The van der Waals surface area contributed by atoms with Crippen molar-refractivity contribution in [3.05, 3.63) is 34.3 Å². The Kier molecular flexibility index (Phi) is 4.97. The first-order valence-corrected chi connectivity index (χ1v) is 7.43. The standard InChI is InChI=1S/C14H21BrN2O2/c1-2-11(16)14(9-3-5-10(15)6-4-9)17-7-12(18)13(19)8-17/h3-6,11-14,18-19H,2,7-8,16H2,1H3. The summed E-state index contributed by atoms with van der Waals surface area (Å²) in [5, 5.41) is 19.4. The van der Waals surface area contributed by atoms with Crippen molar-refractivity contribution in [3.8, 4) is 0 Å². The molecular weight excluding hydrogens is 308 g/mol. The summed E-state index contributed by atoms with van der Waals surface area (Å²) in [4.78, 5) is 2.08. The summed E-state index contributed by atoms with van der Waals surface area (Å²) >= 11 is 3.43. The van der Waals surface area contributed by atoms with Gasteiger partial charge in [0.05, 0.1) is 18.2 Å². The molecule has 19 heavy (non-hydrogen) atoms. The topological polar surface area (TPSA) is 69.7 Å². The van der Waals surface area contributed by atoms with E-state index in [1.807, 2.05) is 24.3 Å². The third kappa shape index (κ3) is 3.35. The van der Waals surface area contributed by atoms with Crippen LogP contribution < -0.4 is 5.73 Å². The Morgan fingerprint density at radius 3 is 2.26 bits per heavy atom. The highest BCUT2D eigenvalue weighted by Gasteiger charge is 2.36. The number of aliphatic hydroxyl groups is 2. The Morgan fingerprint density at radius 1 is 1.26 bits per heavy atom. The van der Waals surface area contributed by atoms with E-state index in [1.54, 1.807) is 0 Å². The summed E-state index contributed by atoms with van der Waals surface area (Å²) in [6, 6.07) is 8.09. The molecule has 2 rings (SSSR count). The van der Waals surface area contributed by atoms with Crippen molar-refractivity contribution in [2.24, 2.45) is 5.73 Å². The van der Waals surface area contributed by atoms with Gasteiger partial charge in [0, 0.05) is 23.6 Å². The predicted molar refractivity (Wildman–Crippen MR) is 78.7 cm³/mol. The summed E-state index contributed by atoms with van der Waals surface area (Å²) in [6.45, 7) is 2.99. The quantitative estimate of drug-likeness (QED) is 0.778. The van der Waals surface area contributed by atoms with Gasteiger partial charge in [0.1, 0.15) is 0 Å². The smallest absolute Gasteiger partial charge is 0.0938 e. The van der Waals surface area contributed by atoms with Gasteiger partial charge in [0.15, 0.2) is 0 Å². The van der Waals surface area contributed by atoms with E-state index in [-0.39, 0.29) is 12.1 Å². The van der Waals surface area contributed by atoms with Crippen LogP contribution in [0, 0.1) is 0 Å². The summed E-state index contributed by atoms with van der Waals surface area (Å²) < 4.78 is 1.03. The Morgan fingerprint density at radius 2 is 1.79 bits per heavy atom. The molecule has 0 aliphatic carbocycles. The minimum atomic E-state index is -0.679. The SMILES string of the molecule is CCC(N)C(c1ccc(Br)cc1)N1CC(O)C(O)C1. The fourth-order valence-electron chi connectivity index (χ4n) is 2.64. The van der Waals surface area contributed by atoms with E-state index >= 15 is 0 Å². The number of benzene rings is 1. The van der Waals surface area contributed by atoms with Gasteiger partial charge < -0.3 is 15.9 Å². The van der Waals surface area contributed by atoms with Crippen LogP contribution in [-0.2, 0) is 0 Å². The molecule has 1 aromatic rings. The van der Waals surface area contributed by atoms with E-state index in [2.05, 4.69) is 27.8 Å². The zero-order valence-corrected chi connectivity index (χ0v) is 12.6. The Balaban J connectivity index is 2.24. The molecule has 0 aromatic heterocycles. The lowest BCUT2D eigenvalue weighted by molar-refractivity contribution is 0.0572. The summed E-state index contributed by atoms with van der Waals surface area (Å²) in [6.07, 6.45) is -0.507. The van der Waals surface area contributed by atoms with E-state index in [9.17, 15) is 10.2 Å². The second kappa shape index (κ2) is 6.33. The van der Waals surface area contributed by atoms with Crippen molar-refractivity contribution in [2.75, 3.05) is 13.1 Å². The molecule has 1 heterocycles. The highest BCUT2D eigenvalue weighted by molar-refractivity contribution is 9.10. The Hall–Kier alpha value is -0.460. The number of likely N-dealkylation sites (tertiary alicyclic amines) is 1. The molecular formula is C14H21BrN2O2. The zero-order chi connectivity index (χ0) is 14.0. The van der Waals surface area contributed by atoms with Crippen LogP contribution in [-0.4, -0.2) is 46.5 Å². The normalized spacial score (nSPS) is 27.4. The molecule has 1 fully saturated rings. The number of hydrogen-bond acceptors (Lipinski definition) is 4. The molecule has 4 N–H and O–H groups in total. The molecule has 4 atom stereocenters. The lowest BCUT2D eigenvalue weighted by Gasteiger charge is -2.32. The molecule has 0 spiro atoms. The van der Waals surface area contributed by atoms with Crippen molar-refractivity contribution in [1.29, 1.82) is 0 Å². The van der Waals surface area contributed by atoms with Crippen molar-refractivity contribution in [3.63, 3.8) is 0 Å². The van der Waals surface area contributed by atoms with E-state index in [1.165, 1.54) is 0 Å². The minimum absolute atomic E-state index is 0.0151. The summed E-state index contributed by atoms with van der Waals surface area (Å²) in [5.74, 6) is 0. The summed E-state index contributed by atoms with van der Waals surface area (Å²) in [5.41, 5.74) is 7.37. The monoisotopic (exact) mass is 328 g/mol. The number of rotatable bonds is 4. The predicted octanol–water partition coefficient (Wildman–Crippen LogP) is 1.26. The maximum absolute atomic E-state index is 9.72. The maximum Gasteiger partial charge on any atom is 0.0938 e. The Labute approximate surface area is 122 Å². The number of halogens is 1. The van der Waals surface area contributed by atoms with Crippen molar-refractivity contribution < 1.29 is 10.2 Å². The molecule has 1 aromatic carbocycles. The summed E-state index contributed by atoms with van der Waals surface area (Å²) in [7, 11) is 0. The molecule has 0 radical (unpaired) electrons. The first kappa shape index (κ1) is 14.9. The Bertz CT molecular complexity index is 402. The van der Waals surface area contributed by atoms with Gasteiger partial charge in [-0.15, -0.1) is 0 Å². The highest BCUT2D eigenvalue weighted by atomic mass is 79.9. The minimum Gasteiger partial charge on any atom is -0.389 e. The van der Waals surface area contributed by atoms with Gasteiger partial charge in [0.25, 0.3) is 0 Å². The van der Waals surface area contributed by atoms with Gasteiger partial charge in [-0.1, -0.05) is 35.0 Å². The van der Waals surface area contributed by atoms with Crippen molar-refractivity contribution >= 4 is 15.9 Å². The van der Waals surface area contributed by atoms with Crippen LogP contribution in [0.5, 0.6) is 0 Å². The van der Waals surface area contributed by atoms with Crippen LogP contribution in [0.1, 0.15) is 24.9 Å². The van der Waals surface area contributed by atoms with Crippen LogP contribution in [0.2, 0.25) is 0 Å². The second-order valence-electron chi connectivity index (χ2n) is 5.16. The fraction of sp³-hybridized carbons (Fsp3) is 0.571. The van der Waals surface area contributed by atoms with Gasteiger partial charge in [-0.25, -0.2) is 0 Å². The number of nitrogens with two attached hydrogens (primary N) is 1. The molecule has 0 saturated carbocycles. The van der Waals surface area contributed by atoms with Gasteiger partial charge in [0.2, 0.25) is 0 Å². The number of nitrogens with zero attached hydrogens (tertiary/aromatic N) is 1. The van der Waals surface area contributed by atoms with Crippen LogP contribution in [0.3, 0.4) is 0 Å². The molecule has 0 bridgehead atoms. The third-order valence-electron chi connectivity index (χ3n) is 3.77. The number of hydrogen-bond donors (Lipinski definition) is 3. The average molecular weight is 329 g/mol. The highest BCUT2D eigenvalue weighted by Crippen LogP contribution is 2.29. The second-order valence-corrected chi connectivity index (χ2v) is 6.07. The van der Waals surface area contributed by atoms with Gasteiger partial charge >= 0.3 is 0 Å². The van der Waals surface area contributed by atoms with Gasteiger partial charge in [-0.2, -0.15) is 0 Å². The molecule has 4 nitrogen and oxygen atoms in total. The number of aliphatic hydroxyl groups excluding tert-OH is 2. The molecule has 0 amide bonds. The first-order chi connectivity index (χ1) is 9.02. The van der Waals surface area contributed by atoms with Gasteiger partial charge in [-0.3, -0.25) is 4.90 Å². The molecule has 1 saturated heterocycles. The lowest BCUT2D eigenvalue weighted by Crippen LogP contribution is -2.40. The lowest BCUT2D eigenvalue weighted by atomic mass is 9.96. The fourth-order valence-corrected chi connectivity index (χ4v) is 2.90. The molecule has 1 aliphatic heterocycles. The largest absolute Gasteiger partial charge is 0.389 e. The van der Waals surface area contributed by atoms with Crippen LogP contribution in [0.25, 0.3) is 0 Å². The van der Waals surface area contributed by atoms with E-state index in [0.717, 1.165) is 16.5 Å². The van der Waals surface area contributed by atoms with Crippen LogP contribution >= 0.6 is 15.9 Å². The maximum atomic E-state index is 9.72. The van der Waals surface area contributed by atoms with E-state index in [0.29, 0.717) is 13.1 Å². The molecule has 106 valence electrons. The molecule has 5 heteroatoms. The zero-order valence-electron chi connectivity index (χ0n) is 11.0. The molecule has 1 aliphatic rings. The van der Waals surface area contributed by atoms with Gasteiger partial charge in [-0.05, 0) is 24.1 Å². The number of β-amino-alcohol motifs (C(OH)–C–C–N with tert-alkyl or cyclic N) is 2. The van der Waals surface area contributed by atoms with Crippen LogP contribution in [0.4, 0.5) is 0 Å². The molecule has 4 unspecified atom stereocenters. The van der Waals surface area contributed by atoms with Crippen LogP contribution in [0.15, 0.2) is 28.7 Å². The first-order valence-electron chi connectivity index (χ1n) is 6.64. The van der Waals surface area contributed by atoms with Crippen molar-refractivity contribution in [1.82, 2.24) is 4.90 Å². The third-order valence-corrected chi connectivity index (χ3v) is 4.30. The van der Waals surface area contributed by atoms with E-state index in [4.69, 9.17) is 5.73 Å². The van der Waals surface area contributed by atoms with E-state index < -0.39 is 12.2 Å².